The van der Waals surface area contributed by atoms with Gasteiger partial charge in [-0.3, -0.25) is 4.99 Å². The highest BCUT2D eigenvalue weighted by molar-refractivity contribution is 14.0. The molecule has 0 spiro atoms. The van der Waals surface area contributed by atoms with Crippen molar-refractivity contribution in [3.05, 3.63) is 41.3 Å². The van der Waals surface area contributed by atoms with Crippen LogP contribution in [0.5, 0.6) is 0 Å². The molecule has 31 heavy (non-hydrogen) atoms. The zero-order chi connectivity index (χ0) is 21.5. The summed E-state index contributed by atoms with van der Waals surface area (Å²) in [6.45, 7) is 7.90. The molecule has 0 saturated carbocycles. The maximum atomic E-state index is 13.2. The summed E-state index contributed by atoms with van der Waals surface area (Å²) in [6.07, 6.45) is 3.82. The molecule has 1 aliphatic rings. The predicted octanol–water partition coefficient (Wildman–Crippen LogP) is 3.71. The molecule has 1 unspecified atom stereocenters. The van der Waals surface area contributed by atoms with Crippen molar-refractivity contribution in [2.45, 2.75) is 39.5 Å². The Hall–Kier alpha value is -2.35. The number of nitrogens with one attached hydrogen (secondary N) is 1. The minimum atomic E-state index is -0.331. The van der Waals surface area contributed by atoms with E-state index in [1.165, 1.54) is 29.7 Å². The van der Waals surface area contributed by atoms with Crippen LogP contribution in [0.4, 0.5) is 10.2 Å². The molecular weight excluding hydrogens is 508 g/mol. The van der Waals surface area contributed by atoms with Gasteiger partial charge in [-0.2, -0.15) is 10.4 Å². The number of halogens is 2. The zero-order valence-electron chi connectivity index (χ0n) is 18.1. The van der Waals surface area contributed by atoms with E-state index in [-0.39, 0.29) is 35.6 Å². The molecule has 1 aliphatic heterocycles. The first-order valence-corrected chi connectivity index (χ1v) is 10.6. The smallest absolute Gasteiger partial charge is 0.193 e. The lowest BCUT2D eigenvalue weighted by atomic mass is 10.0. The molecule has 1 fully saturated rings. The second kappa shape index (κ2) is 11.9. The molecule has 0 bridgehead atoms. The minimum Gasteiger partial charge on any atom is -0.382 e. The van der Waals surface area contributed by atoms with Crippen LogP contribution in [-0.2, 0) is 6.42 Å². The lowest BCUT2D eigenvalue weighted by Crippen LogP contribution is -2.46. The van der Waals surface area contributed by atoms with Crippen molar-refractivity contribution < 1.29 is 4.39 Å². The van der Waals surface area contributed by atoms with E-state index < -0.39 is 0 Å². The number of hydrogen-bond donors (Lipinski definition) is 2. The summed E-state index contributed by atoms with van der Waals surface area (Å²) in [7, 11) is 0. The number of aliphatic imine (C=N–C) groups is 1. The number of benzene rings is 1. The van der Waals surface area contributed by atoms with Gasteiger partial charge in [-0.25, -0.2) is 9.07 Å². The zero-order valence-corrected chi connectivity index (χ0v) is 20.5. The molecule has 0 radical (unpaired) electrons. The van der Waals surface area contributed by atoms with E-state index in [2.05, 4.69) is 35.2 Å². The van der Waals surface area contributed by atoms with Crippen LogP contribution in [0, 0.1) is 23.1 Å². The van der Waals surface area contributed by atoms with Crippen molar-refractivity contribution >= 4 is 35.8 Å². The summed E-state index contributed by atoms with van der Waals surface area (Å²) >= 11 is 0. The molecule has 3 rings (SSSR count). The highest BCUT2D eigenvalue weighted by Gasteiger charge is 2.19. The molecule has 168 valence electrons. The molecule has 0 amide bonds. The monoisotopic (exact) mass is 539 g/mol. The Morgan fingerprint density at radius 1 is 1.39 bits per heavy atom. The number of nitrogens with zero attached hydrogens (tertiary/aromatic N) is 5. The van der Waals surface area contributed by atoms with E-state index in [9.17, 15) is 9.65 Å². The third-order valence-electron chi connectivity index (χ3n) is 5.30. The highest BCUT2D eigenvalue weighted by Crippen LogP contribution is 2.22. The molecule has 3 N–H and O–H groups in total. The van der Waals surface area contributed by atoms with Gasteiger partial charge in [0.15, 0.2) is 5.96 Å². The highest BCUT2D eigenvalue weighted by atomic mass is 127. The number of piperidine rings is 1. The van der Waals surface area contributed by atoms with Crippen LogP contribution < -0.4 is 11.1 Å². The number of guanidine groups is 1. The van der Waals surface area contributed by atoms with Gasteiger partial charge in [-0.15, -0.1) is 24.0 Å². The average Bonchev–Trinajstić information content (AvgIpc) is 3.06. The largest absolute Gasteiger partial charge is 0.382 e. The van der Waals surface area contributed by atoms with Crippen LogP contribution in [0.1, 0.15) is 44.4 Å². The number of anilines is 1. The maximum Gasteiger partial charge on any atom is 0.193 e. The van der Waals surface area contributed by atoms with E-state index in [1.807, 2.05) is 0 Å². The first-order chi connectivity index (χ1) is 14.5. The number of nitrogen functional groups attached to an aromatic ring is 1. The Labute approximate surface area is 200 Å². The van der Waals surface area contributed by atoms with E-state index in [1.54, 1.807) is 12.1 Å². The van der Waals surface area contributed by atoms with Gasteiger partial charge in [-0.05, 0) is 62.8 Å². The Balaban J connectivity index is 0.00000341. The molecule has 2 heterocycles. The number of aryl methyl sites for hydroxylation is 1. The fourth-order valence-corrected chi connectivity index (χ4v) is 3.79. The van der Waals surface area contributed by atoms with Crippen molar-refractivity contribution in [1.29, 1.82) is 5.26 Å². The summed E-state index contributed by atoms with van der Waals surface area (Å²) in [5, 5.41) is 17.4. The normalized spacial score (nSPS) is 16.5. The Kier molecular flexibility index (Phi) is 9.55. The number of nitrogens with two attached hydrogens (primary N) is 1. The van der Waals surface area contributed by atoms with Gasteiger partial charge in [-0.1, -0.05) is 6.92 Å². The average molecular weight is 539 g/mol. The van der Waals surface area contributed by atoms with Gasteiger partial charge < -0.3 is 16.0 Å². The first-order valence-electron chi connectivity index (χ1n) is 10.6. The molecule has 1 aromatic carbocycles. The van der Waals surface area contributed by atoms with E-state index in [4.69, 9.17) is 10.7 Å². The maximum absolute atomic E-state index is 13.2. The number of rotatable bonds is 6. The first kappa shape index (κ1) is 24.9. The summed E-state index contributed by atoms with van der Waals surface area (Å²) in [5.41, 5.74) is 7.77. The summed E-state index contributed by atoms with van der Waals surface area (Å²) in [5.74, 6) is 1.58. The molecular formula is C22H31FIN7. The fourth-order valence-electron chi connectivity index (χ4n) is 3.79. The summed E-state index contributed by atoms with van der Waals surface area (Å²) in [4.78, 5) is 7.11. The second-order valence-electron chi connectivity index (χ2n) is 7.74. The molecule has 9 heteroatoms. The van der Waals surface area contributed by atoms with Gasteiger partial charge >= 0.3 is 0 Å². The third-order valence-corrected chi connectivity index (χ3v) is 5.30. The van der Waals surface area contributed by atoms with Crippen LogP contribution in [0.2, 0.25) is 0 Å². The molecule has 1 saturated heterocycles. The third kappa shape index (κ3) is 6.32. The summed E-state index contributed by atoms with van der Waals surface area (Å²) < 4.78 is 14.7. The fraction of sp³-hybridized carbons (Fsp3) is 0.500. The molecule has 1 aromatic heterocycles. The predicted molar refractivity (Wildman–Crippen MR) is 132 cm³/mol. The Morgan fingerprint density at radius 2 is 2.13 bits per heavy atom. The van der Waals surface area contributed by atoms with Gasteiger partial charge in [0.25, 0.3) is 0 Å². The van der Waals surface area contributed by atoms with Crippen molar-refractivity contribution in [2.75, 3.05) is 31.9 Å². The SMILES string of the molecule is CCNC(=NCCCc1nn(-c2ccc(F)cc2)c(N)c1C#N)N1CCCC(C)C1.I. The minimum absolute atomic E-state index is 0. The van der Waals surface area contributed by atoms with Crippen molar-refractivity contribution in [3.8, 4) is 11.8 Å². The lowest BCUT2D eigenvalue weighted by Gasteiger charge is -2.33. The Morgan fingerprint density at radius 3 is 2.77 bits per heavy atom. The standard InChI is InChI=1S/C22H30FN7.HI/c1-3-26-22(29-13-5-6-16(2)15-29)27-12-4-7-20-19(14-24)21(25)30(28-20)18-10-8-17(23)9-11-18;/h8-11,16H,3-7,12-13,15,25H2,1-2H3,(H,26,27);1H. The van der Waals surface area contributed by atoms with Crippen molar-refractivity contribution in [1.82, 2.24) is 20.0 Å². The van der Waals surface area contributed by atoms with Crippen molar-refractivity contribution in [2.24, 2.45) is 10.9 Å². The van der Waals surface area contributed by atoms with Gasteiger partial charge in [0, 0.05) is 26.2 Å². The van der Waals surface area contributed by atoms with E-state index in [0.717, 1.165) is 32.0 Å². The number of aromatic nitrogens is 2. The van der Waals surface area contributed by atoms with Crippen LogP contribution in [0.3, 0.4) is 0 Å². The summed E-state index contributed by atoms with van der Waals surface area (Å²) in [6, 6.07) is 8.04. The van der Waals surface area contributed by atoms with Crippen LogP contribution in [-0.4, -0.2) is 46.8 Å². The molecule has 0 aliphatic carbocycles. The van der Waals surface area contributed by atoms with Crippen molar-refractivity contribution in [3.63, 3.8) is 0 Å². The van der Waals surface area contributed by atoms with E-state index in [0.29, 0.717) is 35.8 Å². The lowest BCUT2D eigenvalue weighted by molar-refractivity contribution is 0.266. The van der Waals surface area contributed by atoms with Gasteiger partial charge in [0.05, 0.1) is 11.4 Å². The molecule has 7 nitrogen and oxygen atoms in total. The number of nitriles is 1. The molecule has 1 atom stereocenters. The molecule has 2 aromatic rings. The second-order valence-corrected chi connectivity index (χ2v) is 7.74. The number of hydrogen-bond acceptors (Lipinski definition) is 4. The van der Waals surface area contributed by atoms with E-state index >= 15 is 0 Å². The van der Waals surface area contributed by atoms with Crippen LogP contribution >= 0.6 is 24.0 Å². The van der Waals surface area contributed by atoms with Crippen LogP contribution in [0.15, 0.2) is 29.3 Å². The topological polar surface area (TPSA) is 95.3 Å². The number of likely N-dealkylation sites (tertiary alicyclic amines) is 1. The van der Waals surface area contributed by atoms with Gasteiger partial charge in [0.2, 0.25) is 0 Å². The van der Waals surface area contributed by atoms with Gasteiger partial charge in [0.1, 0.15) is 23.3 Å². The quantitative estimate of drug-likeness (QED) is 0.253. The Bertz CT molecular complexity index is 917. The van der Waals surface area contributed by atoms with Crippen LogP contribution in [0.25, 0.3) is 5.69 Å².